The van der Waals surface area contributed by atoms with Crippen molar-refractivity contribution in [2.24, 2.45) is 5.41 Å². The van der Waals surface area contributed by atoms with Crippen molar-refractivity contribution in [1.82, 2.24) is 5.32 Å². The van der Waals surface area contributed by atoms with Crippen molar-refractivity contribution in [3.63, 3.8) is 0 Å². The molecule has 38 heavy (non-hydrogen) atoms. The van der Waals surface area contributed by atoms with E-state index in [1.165, 1.54) is 12.1 Å². The van der Waals surface area contributed by atoms with Crippen molar-refractivity contribution >= 4 is 34.7 Å². The summed E-state index contributed by atoms with van der Waals surface area (Å²) >= 11 is 6.21. The molecule has 196 valence electrons. The van der Waals surface area contributed by atoms with Crippen molar-refractivity contribution < 1.29 is 14.0 Å². The summed E-state index contributed by atoms with van der Waals surface area (Å²) in [5.41, 5.74) is 4.98. The van der Waals surface area contributed by atoms with E-state index in [2.05, 4.69) is 24.5 Å². The number of ketones is 1. The topological polar surface area (TPSA) is 61.4 Å². The lowest BCUT2D eigenvalue weighted by Crippen LogP contribution is -2.42. The maximum Gasteiger partial charge on any atom is 0.239 e. The standard InChI is InChI=1S/C31H31ClFN3O2/c1-31(2)17-25-29(27(37)18-31)30(21-9-11-22(32)12-10-21)36(26-6-4-3-5-24(26)35-25)19-28(38)34-16-15-20-7-13-23(33)14-8-20/h3-14,30,35H,15-19H2,1-2H3,(H,34,38). The highest BCUT2D eigenvalue weighted by atomic mass is 35.5. The van der Waals surface area contributed by atoms with Crippen LogP contribution in [0.2, 0.25) is 5.02 Å². The van der Waals surface area contributed by atoms with E-state index < -0.39 is 6.04 Å². The van der Waals surface area contributed by atoms with Gasteiger partial charge in [0.05, 0.1) is 24.0 Å². The molecule has 1 unspecified atom stereocenters. The number of hydrogen-bond donors (Lipinski definition) is 2. The summed E-state index contributed by atoms with van der Waals surface area (Å²) in [6, 6.07) is 21.2. The Balaban J connectivity index is 1.50. The second-order valence-electron chi connectivity index (χ2n) is 10.8. The average molecular weight is 532 g/mol. The summed E-state index contributed by atoms with van der Waals surface area (Å²) < 4.78 is 13.2. The summed E-state index contributed by atoms with van der Waals surface area (Å²) in [6.45, 7) is 4.70. The van der Waals surface area contributed by atoms with Gasteiger partial charge in [0.25, 0.3) is 0 Å². The number of anilines is 2. The minimum Gasteiger partial charge on any atom is -0.357 e. The fraction of sp³-hybridized carbons (Fsp3) is 0.290. The van der Waals surface area contributed by atoms with Crippen LogP contribution in [-0.2, 0) is 16.0 Å². The Morgan fingerprint density at radius 1 is 1.05 bits per heavy atom. The first-order valence-electron chi connectivity index (χ1n) is 12.9. The maximum atomic E-state index is 13.7. The van der Waals surface area contributed by atoms with Crippen molar-refractivity contribution in [2.75, 3.05) is 23.3 Å². The van der Waals surface area contributed by atoms with E-state index in [9.17, 15) is 14.0 Å². The van der Waals surface area contributed by atoms with Gasteiger partial charge in [0.2, 0.25) is 5.91 Å². The molecule has 0 saturated carbocycles. The van der Waals surface area contributed by atoms with E-state index in [4.69, 9.17) is 11.6 Å². The summed E-state index contributed by atoms with van der Waals surface area (Å²) in [4.78, 5) is 29.0. The Bertz CT molecular complexity index is 1380. The van der Waals surface area contributed by atoms with Crippen LogP contribution in [0.5, 0.6) is 0 Å². The molecule has 5 nitrogen and oxygen atoms in total. The molecule has 5 rings (SSSR count). The molecule has 1 heterocycles. The number of carbonyl (C=O) groups is 2. The molecule has 1 amide bonds. The van der Waals surface area contributed by atoms with Crippen molar-refractivity contribution in [3.05, 3.63) is 106 Å². The molecule has 2 aliphatic rings. The zero-order valence-corrected chi connectivity index (χ0v) is 22.3. The first-order valence-corrected chi connectivity index (χ1v) is 13.2. The minimum absolute atomic E-state index is 0.0584. The number of hydrogen-bond acceptors (Lipinski definition) is 4. The number of amides is 1. The van der Waals surface area contributed by atoms with Gasteiger partial charge in [0.1, 0.15) is 5.82 Å². The number of benzene rings is 3. The normalized spacial score (nSPS) is 18.3. The molecule has 1 aliphatic heterocycles. The molecule has 1 atom stereocenters. The number of para-hydroxylation sites is 2. The number of nitrogens with one attached hydrogen (secondary N) is 2. The molecule has 3 aromatic carbocycles. The Hall–Kier alpha value is -3.64. The fourth-order valence-electron chi connectivity index (χ4n) is 5.43. The highest BCUT2D eigenvalue weighted by Crippen LogP contribution is 2.48. The zero-order chi connectivity index (χ0) is 26.9. The van der Waals surface area contributed by atoms with Gasteiger partial charge in [-0.1, -0.05) is 61.8 Å². The van der Waals surface area contributed by atoms with Gasteiger partial charge in [-0.2, -0.15) is 0 Å². The molecule has 0 radical (unpaired) electrons. The Morgan fingerprint density at radius 2 is 1.76 bits per heavy atom. The van der Waals surface area contributed by atoms with Crippen LogP contribution in [0.4, 0.5) is 15.8 Å². The third-order valence-electron chi connectivity index (χ3n) is 7.15. The lowest BCUT2D eigenvalue weighted by atomic mass is 9.73. The van der Waals surface area contributed by atoms with Gasteiger partial charge in [0.15, 0.2) is 5.78 Å². The molecule has 0 spiro atoms. The minimum atomic E-state index is -0.454. The molecule has 0 saturated heterocycles. The van der Waals surface area contributed by atoms with Crippen LogP contribution in [0.1, 0.15) is 43.9 Å². The number of fused-ring (bicyclic) bond motifs is 1. The second-order valence-corrected chi connectivity index (χ2v) is 11.2. The highest BCUT2D eigenvalue weighted by Gasteiger charge is 2.41. The number of carbonyl (C=O) groups excluding carboxylic acids is 2. The van der Waals surface area contributed by atoms with Crippen molar-refractivity contribution in [1.29, 1.82) is 0 Å². The Morgan fingerprint density at radius 3 is 2.50 bits per heavy atom. The number of rotatable bonds is 6. The van der Waals surface area contributed by atoms with Gasteiger partial charge >= 0.3 is 0 Å². The molecule has 0 aromatic heterocycles. The Labute approximate surface area is 227 Å². The van der Waals surface area contributed by atoms with E-state index in [1.54, 1.807) is 12.1 Å². The molecule has 7 heteroatoms. The van der Waals surface area contributed by atoms with Crippen LogP contribution >= 0.6 is 11.6 Å². The highest BCUT2D eigenvalue weighted by molar-refractivity contribution is 6.30. The Kier molecular flexibility index (Phi) is 7.26. The van der Waals surface area contributed by atoms with E-state index >= 15 is 0 Å². The van der Waals surface area contributed by atoms with Crippen LogP contribution < -0.4 is 15.5 Å². The largest absolute Gasteiger partial charge is 0.357 e. The smallest absolute Gasteiger partial charge is 0.239 e. The summed E-state index contributed by atoms with van der Waals surface area (Å²) in [5.74, 6) is -0.361. The monoisotopic (exact) mass is 531 g/mol. The summed E-state index contributed by atoms with van der Waals surface area (Å²) in [7, 11) is 0. The first kappa shape index (κ1) is 26.0. The van der Waals surface area contributed by atoms with Gasteiger partial charge in [-0.3, -0.25) is 9.59 Å². The van der Waals surface area contributed by atoms with Gasteiger partial charge in [-0.25, -0.2) is 4.39 Å². The van der Waals surface area contributed by atoms with Gasteiger partial charge < -0.3 is 15.5 Å². The van der Waals surface area contributed by atoms with E-state index in [1.807, 2.05) is 53.4 Å². The molecule has 2 N–H and O–H groups in total. The SMILES string of the molecule is CC1(C)CC(=O)C2=C(C1)Nc1ccccc1N(CC(=O)NCCc1ccc(F)cc1)C2c1ccc(Cl)cc1. The quantitative estimate of drug-likeness (QED) is 0.383. The number of allylic oxidation sites excluding steroid dienone is 1. The van der Waals surface area contributed by atoms with Gasteiger partial charge in [-0.05, 0) is 65.8 Å². The predicted molar refractivity (Wildman–Crippen MR) is 150 cm³/mol. The van der Waals surface area contributed by atoms with E-state index in [0.29, 0.717) is 30.0 Å². The van der Waals surface area contributed by atoms with Crippen molar-refractivity contribution in [3.8, 4) is 0 Å². The second kappa shape index (κ2) is 10.6. The fourth-order valence-corrected chi connectivity index (χ4v) is 5.55. The third-order valence-corrected chi connectivity index (χ3v) is 7.40. The van der Waals surface area contributed by atoms with Gasteiger partial charge in [-0.15, -0.1) is 0 Å². The average Bonchev–Trinajstić information content (AvgIpc) is 2.99. The van der Waals surface area contributed by atoms with E-state index in [0.717, 1.165) is 34.6 Å². The van der Waals surface area contributed by atoms with Crippen LogP contribution in [0.3, 0.4) is 0 Å². The van der Waals surface area contributed by atoms with Crippen LogP contribution in [0.25, 0.3) is 0 Å². The molecular formula is C31H31ClFN3O2. The van der Waals surface area contributed by atoms with E-state index in [-0.39, 0.29) is 29.5 Å². The lowest BCUT2D eigenvalue weighted by molar-refractivity contribution is -0.120. The number of nitrogens with zero attached hydrogens (tertiary/aromatic N) is 1. The number of halogens is 2. The molecule has 3 aromatic rings. The molecule has 0 fully saturated rings. The zero-order valence-electron chi connectivity index (χ0n) is 21.6. The molecule has 1 aliphatic carbocycles. The van der Waals surface area contributed by atoms with Crippen LogP contribution in [0.15, 0.2) is 84.1 Å². The molecule has 0 bridgehead atoms. The third kappa shape index (κ3) is 5.60. The van der Waals surface area contributed by atoms with Crippen molar-refractivity contribution in [2.45, 2.75) is 39.2 Å². The summed E-state index contributed by atoms with van der Waals surface area (Å²) in [6.07, 6.45) is 1.75. The summed E-state index contributed by atoms with van der Waals surface area (Å²) in [5, 5.41) is 7.17. The number of Topliss-reactive ketones (excluding diaryl/α,β-unsaturated/α-hetero) is 1. The van der Waals surface area contributed by atoms with Crippen LogP contribution in [-0.4, -0.2) is 24.8 Å². The lowest BCUT2D eigenvalue weighted by Gasteiger charge is -2.37. The molecular weight excluding hydrogens is 501 g/mol. The van der Waals surface area contributed by atoms with Crippen LogP contribution in [0, 0.1) is 11.2 Å². The first-order chi connectivity index (χ1) is 18.2. The maximum absolute atomic E-state index is 13.7. The van der Waals surface area contributed by atoms with Gasteiger partial charge in [0, 0.05) is 29.3 Å². The predicted octanol–water partition coefficient (Wildman–Crippen LogP) is 6.45.